The second kappa shape index (κ2) is 6.89. The second-order valence-corrected chi connectivity index (χ2v) is 7.46. The zero-order valence-corrected chi connectivity index (χ0v) is 13.9. The van der Waals surface area contributed by atoms with Crippen LogP contribution >= 0.6 is 0 Å². The van der Waals surface area contributed by atoms with E-state index in [9.17, 15) is 18.0 Å². The first kappa shape index (κ1) is 16.9. The van der Waals surface area contributed by atoms with Gasteiger partial charge in [-0.05, 0) is 30.3 Å². The third kappa shape index (κ3) is 4.13. The lowest BCUT2D eigenvalue weighted by Crippen LogP contribution is -2.25. The molecule has 130 valence electrons. The summed E-state index contributed by atoms with van der Waals surface area (Å²) in [7, 11) is -3.68. The quantitative estimate of drug-likeness (QED) is 0.827. The highest BCUT2D eigenvalue weighted by Gasteiger charge is 2.21. The molecule has 3 rings (SSSR count). The van der Waals surface area contributed by atoms with Crippen LogP contribution in [0.5, 0.6) is 5.75 Å². The number of fused-ring (bicyclic) bond motifs is 1. The molecular formula is C16H15N3O5S. The van der Waals surface area contributed by atoms with E-state index in [2.05, 4.69) is 15.6 Å². The summed E-state index contributed by atoms with van der Waals surface area (Å²) in [5.74, 6) is -0.718. The highest BCUT2D eigenvalue weighted by molar-refractivity contribution is 7.91. The van der Waals surface area contributed by atoms with E-state index in [0.717, 1.165) is 0 Å². The standard InChI is InChI=1S/C16H15N3O5S/c20-15(18-11-2-1-6-17-9-11)5-7-25(22,23)12-3-4-14-13(8-12)19-16(21)10-24-14/h1-4,6,8-9H,5,7,10H2,(H,18,20)(H,19,21). The summed E-state index contributed by atoms with van der Waals surface area (Å²) in [4.78, 5) is 27.1. The number of amides is 2. The number of benzene rings is 1. The summed E-state index contributed by atoms with van der Waals surface area (Å²) in [6.07, 6.45) is 2.84. The molecule has 0 spiro atoms. The number of carbonyl (C=O) groups excluding carboxylic acids is 2. The van der Waals surface area contributed by atoms with Gasteiger partial charge in [-0.25, -0.2) is 8.42 Å². The molecule has 0 unspecified atom stereocenters. The number of hydrogen-bond acceptors (Lipinski definition) is 6. The lowest BCUT2D eigenvalue weighted by Gasteiger charge is -2.18. The maximum atomic E-state index is 12.4. The number of sulfone groups is 1. The van der Waals surface area contributed by atoms with Gasteiger partial charge in [-0.2, -0.15) is 0 Å². The topological polar surface area (TPSA) is 114 Å². The average molecular weight is 361 g/mol. The smallest absolute Gasteiger partial charge is 0.262 e. The van der Waals surface area contributed by atoms with E-state index in [1.54, 1.807) is 18.3 Å². The fourth-order valence-electron chi connectivity index (χ4n) is 2.26. The Morgan fingerprint density at radius 2 is 2.16 bits per heavy atom. The summed E-state index contributed by atoms with van der Waals surface area (Å²) in [5.41, 5.74) is 0.802. The first-order chi connectivity index (χ1) is 11.9. The number of rotatable bonds is 5. The molecular weight excluding hydrogens is 346 g/mol. The summed E-state index contributed by atoms with van der Waals surface area (Å²) in [6.45, 7) is -0.104. The molecule has 0 bridgehead atoms. The van der Waals surface area contributed by atoms with Crippen LogP contribution < -0.4 is 15.4 Å². The molecule has 2 amide bonds. The monoisotopic (exact) mass is 361 g/mol. The average Bonchev–Trinajstić information content (AvgIpc) is 2.60. The minimum absolute atomic E-state index is 0.0197. The van der Waals surface area contributed by atoms with Crippen LogP contribution in [0.25, 0.3) is 0 Å². The number of nitrogens with one attached hydrogen (secondary N) is 2. The second-order valence-electron chi connectivity index (χ2n) is 5.35. The van der Waals surface area contributed by atoms with Crippen molar-refractivity contribution in [3.8, 4) is 5.75 Å². The molecule has 0 aliphatic carbocycles. The van der Waals surface area contributed by atoms with Gasteiger partial charge in [0.1, 0.15) is 5.75 Å². The van der Waals surface area contributed by atoms with Crippen molar-refractivity contribution in [2.24, 2.45) is 0 Å². The van der Waals surface area contributed by atoms with E-state index in [0.29, 0.717) is 17.1 Å². The summed E-state index contributed by atoms with van der Waals surface area (Å²) in [5, 5.41) is 5.13. The van der Waals surface area contributed by atoms with Crippen LogP contribution in [0.3, 0.4) is 0 Å². The molecule has 0 atom stereocenters. The van der Waals surface area contributed by atoms with E-state index in [1.807, 2.05) is 0 Å². The SMILES string of the molecule is O=C(CCS(=O)(=O)c1ccc2c(c1)NC(=O)CO2)Nc1cccnc1. The Labute approximate surface area is 144 Å². The number of pyridine rings is 1. The fraction of sp³-hybridized carbons (Fsp3) is 0.188. The molecule has 2 N–H and O–H groups in total. The lowest BCUT2D eigenvalue weighted by molar-refractivity contribution is -0.118. The number of hydrogen-bond donors (Lipinski definition) is 2. The molecule has 0 radical (unpaired) electrons. The molecule has 1 aliphatic rings. The van der Waals surface area contributed by atoms with Gasteiger partial charge in [-0.15, -0.1) is 0 Å². The summed E-state index contributed by atoms with van der Waals surface area (Å²) >= 11 is 0. The Morgan fingerprint density at radius 3 is 2.92 bits per heavy atom. The molecule has 2 aromatic rings. The highest BCUT2D eigenvalue weighted by atomic mass is 32.2. The van der Waals surface area contributed by atoms with Crippen molar-refractivity contribution in [2.75, 3.05) is 23.0 Å². The first-order valence-electron chi connectivity index (χ1n) is 7.43. The van der Waals surface area contributed by atoms with Crippen LogP contribution in [0.2, 0.25) is 0 Å². The Morgan fingerprint density at radius 1 is 1.32 bits per heavy atom. The van der Waals surface area contributed by atoms with Crippen LogP contribution in [0.15, 0.2) is 47.6 Å². The highest BCUT2D eigenvalue weighted by Crippen LogP contribution is 2.30. The van der Waals surface area contributed by atoms with Crippen LogP contribution in [0, 0.1) is 0 Å². The minimum Gasteiger partial charge on any atom is -0.482 e. The fourth-order valence-corrected chi connectivity index (χ4v) is 3.52. The number of ether oxygens (including phenoxy) is 1. The Hall–Kier alpha value is -2.94. The Bertz CT molecular complexity index is 913. The first-order valence-corrected chi connectivity index (χ1v) is 9.09. The number of carbonyl (C=O) groups is 2. The van der Waals surface area contributed by atoms with Crippen molar-refractivity contribution in [3.05, 3.63) is 42.7 Å². The van der Waals surface area contributed by atoms with E-state index < -0.39 is 15.7 Å². The van der Waals surface area contributed by atoms with Gasteiger partial charge in [0, 0.05) is 12.6 Å². The number of anilines is 2. The predicted octanol–water partition coefficient (Wildman–Crippen LogP) is 1.22. The van der Waals surface area contributed by atoms with Crippen LogP contribution in [-0.2, 0) is 19.4 Å². The van der Waals surface area contributed by atoms with Gasteiger partial charge in [-0.3, -0.25) is 14.6 Å². The van der Waals surface area contributed by atoms with Crippen LogP contribution in [-0.4, -0.2) is 37.6 Å². The predicted molar refractivity (Wildman–Crippen MR) is 90.1 cm³/mol. The van der Waals surface area contributed by atoms with Gasteiger partial charge in [0.15, 0.2) is 16.4 Å². The largest absolute Gasteiger partial charge is 0.482 e. The normalized spacial score (nSPS) is 13.4. The Kier molecular flexibility index (Phi) is 4.66. The van der Waals surface area contributed by atoms with E-state index in [-0.39, 0.29) is 29.6 Å². The molecule has 0 fully saturated rings. The zero-order valence-electron chi connectivity index (χ0n) is 13.1. The lowest BCUT2D eigenvalue weighted by atomic mass is 10.2. The summed E-state index contributed by atoms with van der Waals surface area (Å²) in [6, 6.07) is 7.53. The van der Waals surface area contributed by atoms with E-state index in [4.69, 9.17) is 4.74 Å². The Balaban J connectivity index is 1.67. The van der Waals surface area contributed by atoms with Gasteiger partial charge < -0.3 is 15.4 Å². The maximum Gasteiger partial charge on any atom is 0.262 e. The van der Waals surface area contributed by atoms with Crippen molar-refractivity contribution in [1.29, 1.82) is 0 Å². The molecule has 9 heteroatoms. The molecule has 1 aromatic carbocycles. The van der Waals surface area contributed by atoms with Crippen molar-refractivity contribution in [3.63, 3.8) is 0 Å². The molecule has 1 aliphatic heterocycles. The number of aromatic nitrogens is 1. The third-order valence-corrected chi connectivity index (χ3v) is 5.20. The molecule has 0 saturated carbocycles. The van der Waals surface area contributed by atoms with Gasteiger partial charge in [0.2, 0.25) is 5.91 Å². The van der Waals surface area contributed by atoms with Crippen molar-refractivity contribution < 1.29 is 22.7 Å². The van der Waals surface area contributed by atoms with Gasteiger partial charge in [0.05, 0.1) is 28.2 Å². The molecule has 1 aromatic heterocycles. The van der Waals surface area contributed by atoms with Crippen LogP contribution in [0.1, 0.15) is 6.42 Å². The van der Waals surface area contributed by atoms with Crippen LogP contribution in [0.4, 0.5) is 11.4 Å². The van der Waals surface area contributed by atoms with Gasteiger partial charge >= 0.3 is 0 Å². The van der Waals surface area contributed by atoms with Crippen molar-refractivity contribution in [2.45, 2.75) is 11.3 Å². The molecule has 8 nitrogen and oxygen atoms in total. The molecule has 0 saturated heterocycles. The minimum atomic E-state index is -3.68. The van der Waals surface area contributed by atoms with E-state index in [1.165, 1.54) is 24.4 Å². The molecule has 25 heavy (non-hydrogen) atoms. The number of nitrogens with zero attached hydrogens (tertiary/aromatic N) is 1. The summed E-state index contributed by atoms with van der Waals surface area (Å²) < 4.78 is 30.0. The third-order valence-electron chi connectivity index (χ3n) is 3.49. The van der Waals surface area contributed by atoms with Crippen molar-refractivity contribution in [1.82, 2.24) is 4.98 Å². The van der Waals surface area contributed by atoms with Gasteiger partial charge in [-0.1, -0.05) is 0 Å². The molecule has 2 heterocycles. The zero-order chi connectivity index (χ0) is 17.9. The van der Waals surface area contributed by atoms with Gasteiger partial charge in [0.25, 0.3) is 5.91 Å². The van der Waals surface area contributed by atoms with Crippen molar-refractivity contribution >= 4 is 33.0 Å². The maximum absolute atomic E-state index is 12.4. The van der Waals surface area contributed by atoms with E-state index >= 15 is 0 Å².